The zero-order valence-electron chi connectivity index (χ0n) is 15.0. The second kappa shape index (κ2) is 7.73. The fourth-order valence-corrected chi connectivity index (χ4v) is 3.76. The monoisotopic (exact) mass is 362 g/mol. The Hall–Kier alpha value is -2.96. The molecule has 0 spiro atoms. The standard InChI is InChI=1S/C21H22N4O2/c26-21(23-27)11-8-16-6-9-17(10-7-16)19-5-3-12-24(19)15-18-14-22-25-13-2-1-4-20(18)25/h1-2,4,6-11,13-14,19,27H,3,5,12,15H2,(H,23,26)/b11-8+. The maximum absolute atomic E-state index is 11.1. The fourth-order valence-electron chi connectivity index (χ4n) is 3.76. The number of carbonyl (C=O) groups is 1. The van der Waals surface area contributed by atoms with Gasteiger partial charge in [-0.15, -0.1) is 0 Å². The van der Waals surface area contributed by atoms with E-state index in [1.165, 1.54) is 23.6 Å². The van der Waals surface area contributed by atoms with E-state index in [4.69, 9.17) is 5.21 Å². The van der Waals surface area contributed by atoms with Crippen LogP contribution in [-0.4, -0.2) is 32.2 Å². The quantitative estimate of drug-likeness (QED) is 0.415. The zero-order chi connectivity index (χ0) is 18.6. The van der Waals surface area contributed by atoms with Gasteiger partial charge in [-0.25, -0.2) is 10.00 Å². The number of hydroxylamine groups is 1. The molecule has 1 saturated heterocycles. The molecular weight excluding hydrogens is 340 g/mol. The van der Waals surface area contributed by atoms with Crippen molar-refractivity contribution in [3.8, 4) is 0 Å². The van der Waals surface area contributed by atoms with Crippen LogP contribution >= 0.6 is 0 Å². The van der Waals surface area contributed by atoms with Crippen LogP contribution in [0.5, 0.6) is 0 Å². The highest BCUT2D eigenvalue weighted by molar-refractivity contribution is 5.90. The minimum absolute atomic E-state index is 0.391. The Kier molecular flexibility index (Phi) is 5.00. The van der Waals surface area contributed by atoms with Gasteiger partial charge in [0.25, 0.3) is 5.91 Å². The van der Waals surface area contributed by atoms with Gasteiger partial charge in [-0.3, -0.25) is 14.9 Å². The van der Waals surface area contributed by atoms with Crippen LogP contribution in [0.3, 0.4) is 0 Å². The second-order valence-corrected chi connectivity index (χ2v) is 6.80. The molecule has 1 aliphatic heterocycles. The minimum Gasteiger partial charge on any atom is -0.292 e. The van der Waals surface area contributed by atoms with E-state index in [1.807, 2.05) is 41.2 Å². The Morgan fingerprint density at radius 1 is 1.26 bits per heavy atom. The summed E-state index contributed by atoms with van der Waals surface area (Å²) in [7, 11) is 0. The number of amides is 1. The van der Waals surface area contributed by atoms with Crippen LogP contribution in [0, 0.1) is 0 Å². The van der Waals surface area contributed by atoms with E-state index < -0.39 is 5.91 Å². The topological polar surface area (TPSA) is 69.9 Å². The number of carbonyl (C=O) groups excluding carboxylic acids is 1. The van der Waals surface area contributed by atoms with Crippen molar-refractivity contribution >= 4 is 17.5 Å². The lowest BCUT2D eigenvalue weighted by Gasteiger charge is -2.24. The number of aromatic nitrogens is 2. The number of benzene rings is 1. The van der Waals surface area contributed by atoms with Crippen molar-refractivity contribution in [3.05, 3.63) is 77.6 Å². The maximum Gasteiger partial charge on any atom is 0.267 e. The Labute approximate surface area is 157 Å². The lowest BCUT2D eigenvalue weighted by molar-refractivity contribution is -0.124. The molecule has 1 aromatic carbocycles. The molecule has 0 saturated carbocycles. The van der Waals surface area contributed by atoms with Crippen molar-refractivity contribution in [2.24, 2.45) is 0 Å². The first kappa shape index (κ1) is 17.5. The van der Waals surface area contributed by atoms with E-state index in [-0.39, 0.29) is 0 Å². The summed E-state index contributed by atoms with van der Waals surface area (Å²) in [5, 5.41) is 13.0. The molecule has 1 amide bonds. The summed E-state index contributed by atoms with van der Waals surface area (Å²) < 4.78 is 1.92. The lowest BCUT2D eigenvalue weighted by atomic mass is 10.0. The first-order chi connectivity index (χ1) is 13.2. The minimum atomic E-state index is -0.533. The summed E-state index contributed by atoms with van der Waals surface area (Å²) in [5.74, 6) is -0.533. The van der Waals surface area contributed by atoms with Gasteiger partial charge in [0.1, 0.15) is 0 Å². The predicted molar refractivity (Wildman–Crippen MR) is 103 cm³/mol. The summed E-state index contributed by atoms with van der Waals surface area (Å²) in [6, 6.07) is 14.8. The molecule has 0 aliphatic carbocycles. The van der Waals surface area contributed by atoms with E-state index in [1.54, 1.807) is 11.6 Å². The molecule has 138 valence electrons. The second-order valence-electron chi connectivity index (χ2n) is 6.80. The number of hydrogen-bond acceptors (Lipinski definition) is 4. The highest BCUT2D eigenvalue weighted by Crippen LogP contribution is 2.33. The van der Waals surface area contributed by atoms with Crippen LogP contribution < -0.4 is 5.48 Å². The molecule has 0 radical (unpaired) electrons. The van der Waals surface area contributed by atoms with E-state index in [0.29, 0.717) is 6.04 Å². The van der Waals surface area contributed by atoms with E-state index >= 15 is 0 Å². The summed E-state index contributed by atoms with van der Waals surface area (Å²) in [4.78, 5) is 13.6. The first-order valence-electron chi connectivity index (χ1n) is 9.12. The number of nitrogens with one attached hydrogen (secondary N) is 1. The molecule has 2 N–H and O–H groups in total. The van der Waals surface area contributed by atoms with Gasteiger partial charge in [-0.2, -0.15) is 5.10 Å². The molecule has 3 aromatic rings. The molecule has 4 rings (SSSR count). The smallest absolute Gasteiger partial charge is 0.267 e. The van der Waals surface area contributed by atoms with Crippen molar-refractivity contribution in [1.82, 2.24) is 20.0 Å². The molecule has 3 heterocycles. The van der Waals surface area contributed by atoms with E-state index in [0.717, 1.165) is 30.6 Å². The third-order valence-corrected chi connectivity index (χ3v) is 5.10. The average molecular weight is 362 g/mol. The Bertz CT molecular complexity index is 962. The van der Waals surface area contributed by atoms with Gasteiger partial charge in [0, 0.05) is 30.4 Å². The van der Waals surface area contributed by atoms with Gasteiger partial charge in [0.2, 0.25) is 0 Å². The molecule has 1 unspecified atom stereocenters. The number of nitrogens with zero attached hydrogens (tertiary/aromatic N) is 3. The van der Waals surface area contributed by atoms with Crippen molar-refractivity contribution in [3.63, 3.8) is 0 Å². The Morgan fingerprint density at radius 2 is 2.11 bits per heavy atom. The molecule has 1 fully saturated rings. The Morgan fingerprint density at radius 3 is 2.93 bits per heavy atom. The molecule has 27 heavy (non-hydrogen) atoms. The predicted octanol–water partition coefficient (Wildman–Crippen LogP) is 3.19. The fraction of sp³-hybridized carbons (Fsp3) is 0.238. The van der Waals surface area contributed by atoms with Crippen LogP contribution in [-0.2, 0) is 11.3 Å². The third kappa shape index (κ3) is 3.77. The average Bonchev–Trinajstić information content (AvgIpc) is 3.34. The van der Waals surface area contributed by atoms with Gasteiger partial charge in [0.15, 0.2) is 0 Å². The van der Waals surface area contributed by atoms with E-state index in [2.05, 4.69) is 28.2 Å². The molecule has 6 heteroatoms. The van der Waals surface area contributed by atoms with Crippen LogP contribution in [0.1, 0.15) is 35.6 Å². The number of rotatable bonds is 5. The van der Waals surface area contributed by atoms with Crippen LogP contribution in [0.4, 0.5) is 0 Å². The van der Waals surface area contributed by atoms with Crippen LogP contribution in [0.25, 0.3) is 11.6 Å². The Balaban J connectivity index is 1.49. The third-order valence-electron chi connectivity index (χ3n) is 5.10. The largest absolute Gasteiger partial charge is 0.292 e. The molecule has 1 atom stereocenters. The molecule has 0 bridgehead atoms. The summed E-state index contributed by atoms with van der Waals surface area (Å²) in [6.45, 7) is 1.96. The summed E-state index contributed by atoms with van der Waals surface area (Å²) in [5.41, 5.74) is 6.21. The van der Waals surface area contributed by atoms with Crippen LogP contribution in [0.2, 0.25) is 0 Å². The lowest BCUT2D eigenvalue weighted by Crippen LogP contribution is -2.22. The van der Waals surface area contributed by atoms with Crippen LogP contribution in [0.15, 0.2) is 60.9 Å². The summed E-state index contributed by atoms with van der Waals surface area (Å²) in [6.07, 6.45) is 9.25. The molecule has 2 aromatic heterocycles. The normalized spacial score (nSPS) is 17.7. The SMILES string of the molecule is O=C(/C=C/c1ccc(C2CCCN2Cc2cnn3ccccc23)cc1)NO. The number of hydrogen-bond donors (Lipinski definition) is 2. The van der Waals surface area contributed by atoms with Crippen molar-refractivity contribution < 1.29 is 10.0 Å². The number of pyridine rings is 1. The maximum atomic E-state index is 11.1. The number of likely N-dealkylation sites (tertiary alicyclic amines) is 1. The molecular formula is C21H22N4O2. The number of fused-ring (bicyclic) bond motifs is 1. The van der Waals surface area contributed by atoms with Crippen molar-refractivity contribution in [2.75, 3.05) is 6.54 Å². The first-order valence-corrected chi connectivity index (χ1v) is 9.12. The van der Waals surface area contributed by atoms with Gasteiger partial charge in [-0.1, -0.05) is 30.3 Å². The van der Waals surface area contributed by atoms with E-state index in [9.17, 15) is 4.79 Å². The van der Waals surface area contributed by atoms with Gasteiger partial charge >= 0.3 is 0 Å². The summed E-state index contributed by atoms with van der Waals surface area (Å²) >= 11 is 0. The highest BCUT2D eigenvalue weighted by Gasteiger charge is 2.26. The van der Waals surface area contributed by atoms with Gasteiger partial charge in [0.05, 0.1) is 11.7 Å². The highest BCUT2D eigenvalue weighted by atomic mass is 16.5. The molecule has 6 nitrogen and oxygen atoms in total. The van der Waals surface area contributed by atoms with Gasteiger partial charge < -0.3 is 0 Å². The molecule has 1 aliphatic rings. The zero-order valence-corrected chi connectivity index (χ0v) is 15.0. The van der Waals surface area contributed by atoms with Gasteiger partial charge in [-0.05, 0) is 48.7 Å². The van der Waals surface area contributed by atoms with Crippen molar-refractivity contribution in [2.45, 2.75) is 25.4 Å². The van der Waals surface area contributed by atoms with Crippen molar-refractivity contribution in [1.29, 1.82) is 0 Å².